The molecule has 50 heavy (non-hydrogen) atoms. The number of hydrogen-bond acceptors (Lipinski definition) is 1. The molecule has 11 rings (SSSR count). The van der Waals surface area contributed by atoms with Gasteiger partial charge in [0.1, 0.15) is 0 Å². The highest BCUT2D eigenvalue weighted by Crippen LogP contribution is 2.49. The maximum absolute atomic E-state index is 2.44. The van der Waals surface area contributed by atoms with Crippen LogP contribution in [0.25, 0.3) is 93.2 Å². The van der Waals surface area contributed by atoms with Gasteiger partial charge in [-0.15, -0.1) is 0 Å². The number of aromatic nitrogens is 1. The fourth-order valence-corrected chi connectivity index (χ4v) is 9.46. The van der Waals surface area contributed by atoms with Gasteiger partial charge in [-0.2, -0.15) is 0 Å². The van der Waals surface area contributed by atoms with E-state index >= 15 is 0 Å². The molecule has 0 amide bonds. The summed E-state index contributed by atoms with van der Waals surface area (Å²) in [7, 11) is 0. The molecular formula is C48H29NS. The van der Waals surface area contributed by atoms with Gasteiger partial charge in [0, 0.05) is 31.6 Å². The smallest absolute Gasteiger partial charge is 0.0547 e. The van der Waals surface area contributed by atoms with Crippen LogP contribution in [-0.4, -0.2) is 4.57 Å². The average molecular weight is 652 g/mol. The number of hydrogen-bond donors (Lipinski definition) is 0. The number of rotatable bonds is 3. The quantitative estimate of drug-likeness (QED) is 0.184. The Morgan fingerprint density at radius 3 is 1.72 bits per heavy atom. The molecule has 1 aliphatic rings. The summed E-state index contributed by atoms with van der Waals surface area (Å²) >= 11 is 1.88. The molecule has 0 saturated carbocycles. The third-order valence-electron chi connectivity index (χ3n) is 10.6. The molecular weight excluding hydrogens is 623 g/mol. The third kappa shape index (κ3) is 4.03. The van der Waals surface area contributed by atoms with E-state index in [1.54, 1.807) is 0 Å². The van der Waals surface area contributed by atoms with Gasteiger partial charge >= 0.3 is 0 Å². The minimum atomic E-state index is 1.16. The fraction of sp³-hybridized carbons (Fsp3) is 0. The van der Waals surface area contributed by atoms with E-state index in [0.29, 0.717) is 0 Å². The predicted octanol–water partition coefficient (Wildman–Crippen LogP) is 13.7. The predicted molar refractivity (Wildman–Crippen MR) is 214 cm³/mol. The van der Waals surface area contributed by atoms with Crippen molar-refractivity contribution in [2.24, 2.45) is 0 Å². The van der Waals surface area contributed by atoms with Crippen LogP contribution in [0, 0.1) is 0 Å². The highest BCUT2D eigenvalue weighted by Gasteiger charge is 2.21. The lowest BCUT2D eigenvalue weighted by Gasteiger charge is -2.21. The second-order valence-corrected chi connectivity index (χ2v) is 14.3. The first-order valence-electron chi connectivity index (χ1n) is 17.2. The number of nitrogens with zero attached hydrogens (tertiary/aromatic N) is 1. The van der Waals surface area contributed by atoms with Gasteiger partial charge in [0.15, 0.2) is 0 Å². The fourth-order valence-electron chi connectivity index (χ4n) is 8.33. The highest BCUT2D eigenvalue weighted by molar-refractivity contribution is 7.99. The van der Waals surface area contributed by atoms with E-state index in [1.807, 2.05) is 11.8 Å². The molecule has 0 spiro atoms. The van der Waals surface area contributed by atoms with E-state index in [0.717, 1.165) is 5.69 Å². The van der Waals surface area contributed by atoms with Crippen LogP contribution in [0.3, 0.4) is 0 Å². The molecule has 1 aliphatic heterocycles. The molecule has 0 radical (unpaired) electrons. The summed E-state index contributed by atoms with van der Waals surface area (Å²) in [6.07, 6.45) is 0. The maximum atomic E-state index is 2.44. The third-order valence-corrected chi connectivity index (χ3v) is 11.7. The molecule has 2 heterocycles. The Morgan fingerprint density at radius 1 is 0.340 bits per heavy atom. The van der Waals surface area contributed by atoms with Gasteiger partial charge in [0.05, 0.1) is 11.0 Å². The van der Waals surface area contributed by atoms with Gasteiger partial charge < -0.3 is 4.57 Å². The first-order valence-corrected chi connectivity index (χ1v) is 18.0. The standard InChI is InChI=1S/C48H29NS/c1-3-13-37-31(9-1)21-26-42-47(37)48-38-14-4-2-10-32(38)22-27-43(48)49(42)35-23-19-30(20-24-35)33-11-7-12-34(29-33)36-25-28-45-46-40(36)16-8-17-41(46)39-15-5-6-18-44(39)50-45/h1-29H. The van der Waals surface area contributed by atoms with Crippen molar-refractivity contribution in [1.29, 1.82) is 0 Å². The van der Waals surface area contributed by atoms with Crippen LogP contribution in [0.15, 0.2) is 186 Å². The van der Waals surface area contributed by atoms with Crippen molar-refractivity contribution in [3.8, 4) is 39.1 Å². The van der Waals surface area contributed by atoms with Crippen LogP contribution >= 0.6 is 11.8 Å². The number of benzene rings is 9. The van der Waals surface area contributed by atoms with Crippen molar-refractivity contribution in [2.45, 2.75) is 9.79 Å². The van der Waals surface area contributed by atoms with E-state index in [1.165, 1.54) is 97.3 Å². The largest absolute Gasteiger partial charge is 0.309 e. The van der Waals surface area contributed by atoms with Crippen LogP contribution in [-0.2, 0) is 0 Å². The topological polar surface area (TPSA) is 4.93 Å². The first-order chi connectivity index (χ1) is 24.8. The Balaban J connectivity index is 1.04. The second kappa shape index (κ2) is 10.7. The Bertz CT molecular complexity index is 2910. The van der Waals surface area contributed by atoms with Gasteiger partial charge in [-0.1, -0.05) is 145 Å². The number of fused-ring (bicyclic) bond motifs is 9. The van der Waals surface area contributed by atoms with Crippen molar-refractivity contribution in [1.82, 2.24) is 4.57 Å². The SMILES string of the molecule is c1cc(-c2ccc(-n3c4ccc5ccccc5c4c4c5ccccc5ccc43)cc2)cc(-c2ccc3c4c(cccc24)-c2ccccc2S3)c1. The van der Waals surface area contributed by atoms with Crippen molar-refractivity contribution in [3.05, 3.63) is 176 Å². The lowest BCUT2D eigenvalue weighted by Crippen LogP contribution is -1.94. The average Bonchev–Trinajstić information content (AvgIpc) is 3.54. The molecule has 0 atom stereocenters. The van der Waals surface area contributed by atoms with Crippen molar-refractivity contribution in [3.63, 3.8) is 0 Å². The molecule has 0 N–H and O–H groups in total. The maximum Gasteiger partial charge on any atom is 0.0547 e. The Morgan fingerprint density at radius 2 is 0.960 bits per heavy atom. The summed E-state index contributed by atoms with van der Waals surface area (Å²) in [5.41, 5.74) is 11.2. The first kappa shape index (κ1) is 27.8. The van der Waals surface area contributed by atoms with Crippen molar-refractivity contribution in [2.75, 3.05) is 0 Å². The van der Waals surface area contributed by atoms with Gasteiger partial charge in [0.2, 0.25) is 0 Å². The van der Waals surface area contributed by atoms with Gasteiger partial charge in [-0.05, 0) is 103 Å². The van der Waals surface area contributed by atoms with E-state index in [2.05, 4.69) is 180 Å². The molecule has 232 valence electrons. The molecule has 1 aromatic heterocycles. The van der Waals surface area contributed by atoms with Crippen LogP contribution in [0.2, 0.25) is 0 Å². The Kier molecular flexibility index (Phi) is 5.96. The summed E-state index contributed by atoms with van der Waals surface area (Å²) in [6.45, 7) is 0. The van der Waals surface area contributed by atoms with Crippen molar-refractivity contribution >= 4 is 65.9 Å². The monoisotopic (exact) mass is 651 g/mol. The van der Waals surface area contributed by atoms with E-state index in [9.17, 15) is 0 Å². The molecule has 0 unspecified atom stereocenters. The highest BCUT2D eigenvalue weighted by atomic mass is 32.2. The van der Waals surface area contributed by atoms with Crippen LogP contribution in [0.5, 0.6) is 0 Å². The molecule has 0 aliphatic carbocycles. The Labute approximate surface area is 294 Å². The van der Waals surface area contributed by atoms with Gasteiger partial charge in [0.25, 0.3) is 0 Å². The molecule has 2 heteroatoms. The lowest BCUT2D eigenvalue weighted by atomic mass is 9.91. The lowest BCUT2D eigenvalue weighted by molar-refractivity contribution is 1.18. The van der Waals surface area contributed by atoms with Crippen molar-refractivity contribution < 1.29 is 0 Å². The van der Waals surface area contributed by atoms with Gasteiger partial charge in [-0.25, -0.2) is 0 Å². The molecule has 0 bridgehead atoms. The van der Waals surface area contributed by atoms with Gasteiger partial charge in [-0.3, -0.25) is 0 Å². The molecule has 9 aromatic carbocycles. The van der Waals surface area contributed by atoms with E-state index in [-0.39, 0.29) is 0 Å². The summed E-state index contributed by atoms with van der Waals surface area (Å²) in [5, 5.41) is 10.4. The van der Waals surface area contributed by atoms with Crippen LogP contribution in [0.1, 0.15) is 0 Å². The summed E-state index contributed by atoms with van der Waals surface area (Å²) in [6, 6.07) is 64.9. The van der Waals surface area contributed by atoms with Crippen LogP contribution < -0.4 is 0 Å². The zero-order valence-electron chi connectivity index (χ0n) is 27.1. The zero-order chi connectivity index (χ0) is 32.8. The molecule has 0 saturated heterocycles. The normalized spacial score (nSPS) is 12.3. The van der Waals surface area contributed by atoms with E-state index in [4.69, 9.17) is 0 Å². The molecule has 0 fully saturated rings. The van der Waals surface area contributed by atoms with Crippen LogP contribution in [0.4, 0.5) is 0 Å². The second-order valence-electron chi connectivity index (χ2n) is 13.3. The summed E-state index contributed by atoms with van der Waals surface area (Å²) < 4.78 is 2.44. The zero-order valence-corrected chi connectivity index (χ0v) is 27.9. The summed E-state index contributed by atoms with van der Waals surface area (Å²) in [5.74, 6) is 0. The minimum absolute atomic E-state index is 1.16. The van der Waals surface area contributed by atoms with E-state index < -0.39 is 0 Å². The molecule has 10 aromatic rings. The minimum Gasteiger partial charge on any atom is -0.309 e. The summed E-state index contributed by atoms with van der Waals surface area (Å²) in [4.78, 5) is 2.66. The molecule has 1 nitrogen and oxygen atoms in total. The Hall–Kier alpha value is -6.09.